The number of aliphatic carboxylic acids is 3. The number of hydrogen-bond acceptors (Lipinski definition) is 11. The van der Waals surface area contributed by atoms with Crippen LogP contribution in [-0.4, -0.2) is 100 Å². The highest BCUT2D eigenvalue weighted by molar-refractivity contribution is 7.89. The van der Waals surface area contributed by atoms with Crippen LogP contribution >= 0.6 is 0 Å². The summed E-state index contributed by atoms with van der Waals surface area (Å²) in [6.45, 7) is 2.11. The summed E-state index contributed by atoms with van der Waals surface area (Å²) < 4.78 is 42.4. The number of carboxylic acids is 3. The van der Waals surface area contributed by atoms with Crippen LogP contribution < -0.4 is 15.4 Å². The SMILES string of the molecule is CC(=O)[C@H](CCC(=O)O)CC(=O)[C@H](Cc1c[nH]c2ccccc12)NC(=O)[C@@H](CC(=O)CNC(=O)[C@H](CC(=O)O)CC(=O)[C@@H](CC(=O)O)NS(=O)(=O)c1ccc(C)cc1)Cc1cccc(F)c1. The highest BCUT2D eigenvalue weighted by Crippen LogP contribution is 2.23. The molecule has 18 nitrogen and oxygen atoms in total. The molecule has 7 N–H and O–H groups in total. The number of carbonyl (C=O) groups excluding carboxylic acids is 6. The lowest BCUT2D eigenvalue weighted by Gasteiger charge is -2.24. The van der Waals surface area contributed by atoms with Gasteiger partial charge < -0.3 is 30.9 Å². The average Bonchev–Trinajstić information content (AvgIpc) is 3.65. The van der Waals surface area contributed by atoms with Gasteiger partial charge in [-0.25, -0.2) is 17.5 Å². The first-order chi connectivity index (χ1) is 31.1. The number of Topliss-reactive ketones (excluding diaryl/α,β-unsaturated/α-hetero) is 4. The summed E-state index contributed by atoms with van der Waals surface area (Å²) in [5, 5.41) is 33.9. The Balaban J connectivity index is 1.54. The highest BCUT2D eigenvalue weighted by atomic mass is 32.2. The molecule has 4 aromatic rings. The van der Waals surface area contributed by atoms with Gasteiger partial charge in [0.2, 0.25) is 21.8 Å². The number of aromatic nitrogens is 1. The summed E-state index contributed by atoms with van der Waals surface area (Å²) in [5.74, 6) is -13.9. The van der Waals surface area contributed by atoms with Crippen LogP contribution in [0.15, 0.2) is 83.9 Å². The normalized spacial score (nSPS) is 13.7. The van der Waals surface area contributed by atoms with E-state index in [2.05, 4.69) is 15.6 Å². The van der Waals surface area contributed by atoms with Crippen molar-refractivity contribution in [1.29, 1.82) is 0 Å². The maximum absolute atomic E-state index is 14.3. The number of nitrogens with one attached hydrogen (secondary N) is 4. The van der Waals surface area contributed by atoms with Crippen molar-refractivity contribution in [1.82, 2.24) is 20.3 Å². The number of carbonyl (C=O) groups is 9. The fraction of sp³-hybridized carbons (Fsp3) is 0.370. The van der Waals surface area contributed by atoms with Gasteiger partial charge in [0.05, 0.1) is 42.3 Å². The first-order valence-electron chi connectivity index (χ1n) is 20.8. The molecule has 0 saturated carbocycles. The van der Waals surface area contributed by atoms with Gasteiger partial charge in [0.15, 0.2) is 17.3 Å². The van der Waals surface area contributed by atoms with Crippen LogP contribution in [0, 0.1) is 30.5 Å². The summed E-state index contributed by atoms with van der Waals surface area (Å²) in [6, 6.07) is 14.5. The first kappa shape index (κ1) is 51.7. The number of fused-ring (bicyclic) bond motifs is 1. The molecule has 2 amide bonds. The van der Waals surface area contributed by atoms with Crippen LogP contribution in [0.1, 0.15) is 68.6 Å². The smallest absolute Gasteiger partial charge is 0.305 e. The molecule has 66 heavy (non-hydrogen) atoms. The molecule has 1 aromatic heterocycles. The zero-order chi connectivity index (χ0) is 48.7. The molecule has 20 heteroatoms. The van der Waals surface area contributed by atoms with Gasteiger partial charge in [0.1, 0.15) is 11.6 Å². The molecule has 0 aliphatic rings. The number of amides is 2. The van der Waals surface area contributed by atoms with Crippen LogP contribution in [0.3, 0.4) is 0 Å². The van der Waals surface area contributed by atoms with Crippen molar-refractivity contribution in [2.24, 2.45) is 17.8 Å². The second kappa shape index (κ2) is 23.8. The zero-order valence-electron chi connectivity index (χ0n) is 36.1. The van der Waals surface area contributed by atoms with Gasteiger partial charge in [-0.3, -0.25) is 43.2 Å². The average molecular weight is 935 g/mol. The molecule has 0 fully saturated rings. The van der Waals surface area contributed by atoms with E-state index in [-0.39, 0.29) is 36.1 Å². The molecule has 0 unspecified atom stereocenters. The summed E-state index contributed by atoms with van der Waals surface area (Å²) in [6.07, 6.45) is -3.21. The number of carboxylic acid groups (broad SMARTS) is 3. The summed E-state index contributed by atoms with van der Waals surface area (Å²) in [5.41, 5.74) is 2.33. The topological polar surface area (TPSA) is 300 Å². The van der Waals surface area contributed by atoms with Crippen molar-refractivity contribution >= 4 is 73.8 Å². The first-order valence-corrected chi connectivity index (χ1v) is 22.3. The van der Waals surface area contributed by atoms with Crippen LogP contribution in [0.4, 0.5) is 4.39 Å². The number of halogens is 1. The number of aryl methyl sites for hydroxylation is 1. The van der Waals surface area contributed by atoms with E-state index in [4.69, 9.17) is 0 Å². The Hall–Kier alpha value is -6.93. The number of benzene rings is 3. The van der Waals surface area contributed by atoms with Gasteiger partial charge in [-0.1, -0.05) is 48.0 Å². The van der Waals surface area contributed by atoms with Gasteiger partial charge in [0, 0.05) is 61.0 Å². The molecule has 5 atom stereocenters. The van der Waals surface area contributed by atoms with Crippen molar-refractivity contribution in [2.45, 2.75) is 88.6 Å². The maximum atomic E-state index is 14.3. The summed E-state index contributed by atoms with van der Waals surface area (Å²) >= 11 is 0. The number of H-pyrrole nitrogens is 1. The number of rotatable bonds is 28. The quantitative estimate of drug-likeness (QED) is 0.0429. The Labute approximate surface area is 378 Å². The molecule has 0 spiro atoms. The lowest BCUT2D eigenvalue weighted by molar-refractivity contribution is -0.143. The Bertz CT molecular complexity index is 2580. The largest absolute Gasteiger partial charge is 0.481 e. The second-order valence-electron chi connectivity index (χ2n) is 16.1. The van der Waals surface area contributed by atoms with Crippen LogP contribution in [0.5, 0.6) is 0 Å². The lowest BCUT2D eigenvalue weighted by Crippen LogP contribution is -2.47. The van der Waals surface area contributed by atoms with Crippen molar-refractivity contribution in [3.8, 4) is 0 Å². The van der Waals surface area contributed by atoms with Crippen LogP contribution in [0.2, 0.25) is 0 Å². The third-order valence-electron chi connectivity index (χ3n) is 10.8. The van der Waals surface area contributed by atoms with Gasteiger partial charge in [-0.15, -0.1) is 0 Å². The van der Waals surface area contributed by atoms with E-state index in [9.17, 15) is 71.3 Å². The van der Waals surface area contributed by atoms with Gasteiger partial charge >= 0.3 is 17.9 Å². The zero-order valence-corrected chi connectivity index (χ0v) is 36.9. The van der Waals surface area contributed by atoms with E-state index in [1.54, 1.807) is 37.4 Å². The fourth-order valence-electron chi connectivity index (χ4n) is 7.29. The van der Waals surface area contributed by atoms with Crippen molar-refractivity contribution < 1.29 is 71.3 Å². The standard InChI is InChI=1S/C46H51FN4O14S/c1-26-10-13-35(14-11-26)66(64,65)51-39(23-44(60)61)41(55)21-31(22-43(58)59)45(62)49-25-34(53)18-30(16-28-6-5-7-33(47)17-28)46(63)50-38(19-32-24-48-37-9-4-3-8-36(32)37)40(54)20-29(27(2)52)12-15-42(56)57/h3-11,13-14,17,24,29-31,38-39,48,51H,12,15-16,18-23,25H2,1-2H3,(H,49,62)(H,50,63)(H,56,57)(H,58,59)(H,60,61)/t29-,30-,31+,38+,39-/m1/s1. The molecule has 4 rings (SSSR count). The fourth-order valence-corrected chi connectivity index (χ4v) is 8.51. The number of aromatic amines is 1. The van der Waals surface area contributed by atoms with Crippen LogP contribution in [-0.2, 0) is 66.0 Å². The third-order valence-corrected chi connectivity index (χ3v) is 12.3. The molecule has 0 saturated heterocycles. The minimum atomic E-state index is -4.46. The summed E-state index contributed by atoms with van der Waals surface area (Å²) in [4.78, 5) is 119. The Morgan fingerprint density at radius 3 is 1.98 bits per heavy atom. The Kier molecular flexibility index (Phi) is 18.7. The number of sulfonamides is 1. The van der Waals surface area contributed by atoms with Crippen molar-refractivity contribution in [2.75, 3.05) is 6.54 Å². The third kappa shape index (κ3) is 15.9. The van der Waals surface area contributed by atoms with Gasteiger partial charge in [-0.2, -0.15) is 0 Å². The number of ketones is 4. The van der Waals surface area contributed by atoms with E-state index in [1.165, 1.54) is 43.3 Å². The van der Waals surface area contributed by atoms with E-state index in [0.717, 1.165) is 23.0 Å². The van der Waals surface area contributed by atoms with E-state index < -0.39 is 137 Å². The molecular weight excluding hydrogens is 884 g/mol. The van der Waals surface area contributed by atoms with Gasteiger partial charge in [0.25, 0.3) is 0 Å². The lowest BCUT2D eigenvalue weighted by atomic mass is 9.88. The van der Waals surface area contributed by atoms with Crippen LogP contribution in [0.25, 0.3) is 10.9 Å². The molecule has 0 bridgehead atoms. The Morgan fingerprint density at radius 2 is 1.35 bits per heavy atom. The molecule has 0 aliphatic heterocycles. The Morgan fingerprint density at radius 1 is 0.697 bits per heavy atom. The number of para-hydroxylation sites is 1. The number of hydrogen-bond donors (Lipinski definition) is 7. The van der Waals surface area contributed by atoms with E-state index >= 15 is 0 Å². The van der Waals surface area contributed by atoms with E-state index in [1.807, 2.05) is 4.72 Å². The second-order valence-corrected chi connectivity index (χ2v) is 17.8. The minimum Gasteiger partial charge on any atom is -0.481 e. The molecule has 0 radical (unpaired) electrons. The molecule has 1 heterocycles. The predicted molar refractivity (Wildman–Crippen MR) is 234 cm³/mol. The van der Waals surface area contributed by atoms with Gasteiger partial charge in [-0.05, 0) is 68.1 Å². The summed E-state index contributed by atoms with van der Waals surface area (Å²) in [7, 11) is -4.46. The van der Waals surface area contributed by atoms with Crippen molar-refractivity contribution in [3.63, 3.8) is 0 Å². The molecule has 352 valence electrons. The molecular formula is C46H51FN4O14S. The molecule has 3 aromatic carbocycles. The van der Waals surface area contributed by atoms with Crippen molar-refractivity contribution in [3.05, 3.63) is 102 Å². The minimum absolute atomic E-state index is 0.0841. The van der Waals surface area contributed by atoms with E-state index in [0.29, 0.717) is 11.1 Å². The molecule has 0 aliphatic carbocycles. The predicted octanol–water partition coefficient (Wildman–Crippen LogP) is 3.48. The maximum Gasteiger partial charge on any atom is 0.305 e. The highest BCUT2D eigenvalue weighted by Gasteiger charge is 2.34. The monoisotopic (exact) mass is 934 g/mol.